The van der Waals surface area contributed by atoms with E-state index in [1.807, 2.05) is 12.1 Å². The van der Waals surface area contributed by atoms with Gasteiger partial charge < -0.3 is 10.6 Å². The monoisotopic (exact) mass is 442 g/mol. The van der Waals surface area contributed by atoms with Crippen molar-refractivity contribution in [3.05, 3.63) is 81.1 Å². The lowest BCUT2D eigenvalue weighted by atomic mass is 10.1. The van der Waals surface area contributed by atoms with Crippen molar-refractivity contribution in [2.24, 2.45) is 0 Å². The lowest BCUT2D eigenvalue weighted by Crippen LogP contribution is -2.27. The second-order valence-corrected chi connectivity index (χ2v) is 7.82. The molecule has 0 aliphatic rings. The number of rotatable bonds is 7. The molecule has 0 aliphatic carbocycles. The van der Waals surface area contributed by atoms with E-state index in [0.29, 0.717) is 17.1 Å². The molecule has 2 N–H and O–H groups in total. The highest BCUT2D eigenvalue weighted by atomic mass is 35.5. The van der Waals surface area contributed by atoms with Gasteiger partial charge in [-0.3, -0.25) is 9.59 Å². The van der Waals surface area contributed by atoms with Crippen LogP contribution in [0.1, 0.15) is 32.8 Å². The van der Waals surface area contributed by atoms with Crippen molar-refractivity contribution in [3.8, 4) is 6.07 Å². The Morgan fingerprint density at radius 3 is 2.67 bits per heavy atom. The van der Waals surface area contributed by atoms with Gasteiger partial charge in [-0.25, -0.2) is 9.37 Å². The van der Waals surface area contributed by atoms with E-state index in [9.17, 15) is 14.0 Å². The normalized spacial score (nSPS) is 10.3. The van der Waals surface area contributed by atoms with Crippen LogP contribution >= 0.6 is 22.9 Å². The number of benzene rings is 2. The molecule has 6 nitrogen and oxygen atoms in total. The minimum Gasteiger partial charge on any atom is -0.351 e. The molecule has 1 aromatic heterocycles. The molecule has 9 heteroatoms. The van der Waals surface area contributed by atoms with Gasteiger partial charge in [0.1, 0.15) is 5.82 Å². The van der Waals surface area contributed by atoms with Crippen LogP contribution in [0.15, 0.2) is 48.7 Å². The fourth-order valence-electron chi connectivity index (χ4n) is 2.59. The molecule has 152 valence electrons. The minimum atomic E-state index is -0.530. The quantitative estimate of drug-likeness (QED) is 0.574. The SMILES string of the molecule is N#Cc1ccc(Cc2cnc(NC(=O)CCNC(=O)c3ccc(F)cc3Cl)s2)cc1. The van der Waals surface area contributed by atoms with Crippen LogP contribution < -0.4 is 10.6 Å². The number of nitriles is 1. The smallest absolute Gasteiger partial charge is 0.252 e. The molecule has 0 bridgehead atoms. The van der Waals surface area contributed by atoms with Crippen molar-refractivity contribution in [1.82, 2.24) is 10.3 Å². The zero-order chi connectivity index (χ0) is 21.5. The van der Waals surface area contributed by atoms with E-state index < -0.39 is 11.7 Å². The molecule has 0 unspecified atom stereocenters. The number of thiazole rings is 1. The molecule has 2 amide bonds. The van der Waals surface area contributed by atoms with Gasteiger partial charge in [-0.2, -0.15) is 5.26 Å². The summed E-state index contributed by atoms with van der Waals surface area (Å²) in [6.45, 7) is 0.0991. The third-order valence-corrected chi connectivity index (χ3v) is 5.30. The maximum Gasteiger partial charge on any atom is 0.252 e. The Balaban J connectivity index is 1.46. The van der Waals surface area contributed by atoms with E-state index in [4.69, 9.17) is 16.9 Å². The Morgan fingerprint density at radius 2 is 1.97 bits per heavy atom. The first-order chi connectivity index (χ1) is 14.4. The summed E-state index contributed by atoms with van der Waals surface area (Å²) >= 11 is 7.20. The number of carbonyl (C=O) groups is 2. The number of aromatic nitrogens is 1. The van der Waals surface area contributed by atoms with Gasteiger partial charge in [-0.15, -0.1) is 11.3 Å². The van der Waals surface area contributed by atoms with Gasteiger partial charge >= 0.3 is 0 Å². The summed E-state index contributed by atoms with van der Waals surface area (Å²) in [5.41, 5.74) is 1.79. The lowest BCUT2D eigenvalue weighted by molar-refractivity contribution is -0.116. The molecule has 3 rings (SSSR count). The number of nitrogens with one attached hydrogen (secondary N) is 2. The highest BCUT2D eigenvalue weighted by molar-refractivity contribution is 7.15. The molecule has 0 aliphatic heterocycles. The van der Waals surface area contributed by atoms with Crippen molar-refractivity contribution >= 4 is 39.9 Å². The minimum absolute atomic E-state index is 0.00882. The highest BCUT2D eigenvalue weighted by Crippen LogP contribution is 2.21. The van der Waals surface area contributed by atoms with Crippen molar-refractivity contribution in [3.63, 3.8) is 0 Å². The van der Waals surface area contributed by atoms with Crippen LogP contribution in [0.4, 0.5) is 9.52 Å². The number of hydrogen-bond donors (Lipinski definition) is 2. The second-order valence-electron chi connectivity index (χ2n) is 6.30. The fourth-order valence-corrected chi connectivity index (χ4v) is 3.70. The summed E-state index contributed by atoms with van der Waals surface area (Å²) in [6.07, 6.45) is 2.39. The van der Waals surface area contributed by atoms with E-state index in [2.05, 4.69) is 21.7 Å². The molecule has 0 radical (unpaired) electrons. The van der Waals surface area contributed by atoms with Crippen molar-refractivity contribution in [2.75, 3.05) is 11.9 Å². The molecule has 2 aromatic carbocycles. The summed E-state index contributed by atoms with van der Waals surface area (Å²) < 4.78 is 13.0. The Bertz CT molecular complexity index is 1110. The predicted molar refractivity (Wildman–Crippen MR) is 113 cm³/mol. The fraction of sp³-hybridized carbons (Fsp3) is 0.143. The largest absolute Gasteiger partial charge is 0.351 e. The number of amides is 2. The Hall–Kier alpha value is -3.28. The van der Waals surface area contributed by atoms with Crippen LogP contribution in [0.3, 0.4) is 0 Å². The first kappa shape index (κ1) is 21.4. The topological polar surface area (TPSA) is 94.9 Å². The van der Waals surface area contributed by atoms with Crippen molar-refractivity contribution in [2.45, 2.75) is 12.8 Å². The van der Waals surface area contributed by atoms with Crippen molar-refractivity contribution < 1.29 is 14.0 Å². The van der Waals surface area contributed by atoms with Crippen molar-refractivity contribution in [1.29, 1.82) is 5.26 Å². The van der Waals surface area contributed by atoms with Gasteiger partial charge in [-0.05, 0) is 35.9 Å². The zero-order valence-corrected chi connectivity index (χ0v) is 17.2. The Labute approximate surface area is 181 Å². The molecule has 0 saturated heterocycles. The van der Waals surface area contributed by atoms with Crippen LogP contribution in [0.2, 0.25) is 5.02 Å². The molecule has 30 heavy (non-hydrogen) atoms. The lowest BCUT2D eigenvalue weighted by Gasteiger charge is -2.06. The van der Waals surface area contributed by atoms with Gasteiger partial charge in [0, 0.05) is 30.5 Å². The molecule has 1 heterocycles. The molecule has 0 saturated carbocycles. The average molecular weight is 443 g/mol. The maximum atomic E-state index is 13.0. The molecule has 3 aromatic rings. The summed E-state index contributed by atoms with van der Waals surface area (Å²) in [5, 5.41) is 14.6. The maximum absolute atomic E-state index is 13.0. The number of nitrogens with zero attached hydrogens (tertiary/aromatic N) is 2. The summed E-state index contributed by atoms with van der Waals surface area (Å²) in [4.78, 5) is 29.3. The second kappa shape index (κ2) is 9.96. The first-order valence-electron chi connectivity index (χ1n) is 8.91. The number of anilines is 1. The molecular formula is C21H16ClFN4O2S. The van der Waals surface area contributed by atoms with Crippen LogP contribution in [0.25, 0.3) is 0 Å². The summed E-state index contributed by atoms with van der Waals surface area (Å²) in [6, 6.07) is 12.8. The van der Waals surface area contributed by atoms with Gasteiger partial charge in [0.2, 0.25) is 5.91 Å². The summed E-state index contributed by atoms with van der Waals surface area (Å²) in [7, 11) is 0. The van der Waals surface area contributed by atoms with Crippen LogP contribution in [0, 0.1) is 17.1 Å². The average Bonchev–Trinajstić information content (AvgIpc) is 3.15. The van der Waals surface area contributed by atoms with Gasteiger partial charge in [-0.1, -0.05) is 23.7 Å². The molecule has 0 spiro atoms. The van der Waals surface area contributed by atoms with Gasteiger partial charge in [0.15, 0.2) is 5.13 Å². The third kappa shape index (κ3) is 5.86. The number of halogens is 2. The standard InChI is InChI=1S/C21H16ClFN4O2S/c22-18-10-15(23)5-6-17(18)20(29)25-8-7-19(28)27-21-26-12-16(30-21)9-13-1-3-14(11-24)4-2-13/h1-6,10,12H,7-9H2,(H,25,29)(H,26,27,28). The van der Waals surface area contributed by atoms with E-state index in [0.717, 1.165) is 22.6 Å². The Kier molecular flexibility index (Phi) is 7.12. The highest BCUT2D eigenvalue weighted by Gasteiger charge is 2.12. The van der Waals surface area contributed by atoms with E-state index in [1.54, 1.807) is 18.3 Å². The van der Waals surface area contributed by atoms with Gasteiger partial charge in [0.25, 0.3) is 5.91 Å². The molecular weight excluding hydrogens is 427 g/mol. The van der Waals surface area contributed by atoms with E-state index in [-0.39, 0.29) is 29.5 Å². The summed E-state index contributed by atoms with van der Waals surface area (Å²) in [5.74, 6) is -1.30. The first-order valence-corrected chi connectivity index (χ1v) is 10.1. The van der Waals surface area contributed by atoms with Crippen LogP contribution in [-0.4, -0.2) is 23.3 Å². The van der Waals surface area contributed by atoms with E-state index in [1.165, 1.54) is 17.4 Å². The van der Waals surface area contributed by atoms with Gasteiger partial charge in [0.05, 0.1) is 22.2 Å². The van der Waals surface area contributed by atoms with Crippen LogP contribution in [0.5, 0.6) is 0 Å². The van der Waals surface area contributed by atoms with Crippen LogP contribution in [-0.2, 0) is 11.2 Å². The third-order valence-electron chi connectivity index (χ3n) is 4.07. The molecule has 0 fully saturated rings. The number of hydrogen-bond acceptors (Lipinski definition) is 5. The zero-order valence-electron chi connectivity index (χ0n) is 15.6. The van der Waals surface area contributed by atoms with E-state index >= 15 is 0 Å². The molecule has 0 atom stereocenters. The predicted octanol–water partition coefficient (Wildman–Crippen LogP) is 4.16. The Morgan fingerprint density at radius 1 is 1.20 bits per heavy atom. The number of carbonyl (C=O) groups excluding carboxylic acids is 2.